The first-order valence-electron chi connectivity index (χ1n) is 15.9. The Kier molecular flexibility index (Phi) is 16.1. The Labute approximate surface area is 270 Å². The molecule has 8 heteroatoms. The van der Waals surface area contributed by atoms with Gasteiger partial charge in [-0.3, -0.25) is 14.4 Å². The van der Waals surface area contributed by atoms with Gasteiger partial charge in [0.15, 0.2) is 17.3 Å². The van der Waals surface area contributed by atoms with Gasteiger partial charge in [-0.05, 0) is 71.9 Å². The molecule has 0 aliphatic carbocycles. The van der Waals surface area contributed by atoms with E-state index in [1.807, 2.05) is 18.2 Å². The molecule has 0 heterocycles. The molecule has 2 aromatic rings. The van der Waals surface area contributed by atoms with Gasteiger partial charge in [-0.15, -0.1) is 0 Å². The first kappa shape index (κ1) is 37.3. The number of ketones is 3. The number of benzene rings is 2. The van der Waals surface area contributed by atoms with Crippen LogP contribution in [0.25, 0.3) is 11.1 Å². The maximum Gasteiger partial charge on any atom is 0.698 e. The second-order valence-electron chi connectivity index (χ2n) is 11.4. The van der Waals surface area contributed by atoms with Crippen molar-refractivity contribution in [1.29, 1.82) is 0 Å². The smallest absolute Gasteiger partial charge is 0.493 e. The molecule has 0 N–H and O–H groups in total. The van der Waals surface area contributed by atoms with Crippen molar-refractivity contribution in [3.63, 3.8) is 0 Å². The molecule has 7 nitrogen and oxygen atoms in total. The third-order valence-corrected chi connectivity index (χ3v) is 9.64. The molecule has 0 saturated carbocycles. The number of hydrogen-bond acceptors (Lipinski definition) is 7. The van der Waals surface area contributed by atoms with E-state index < -0.39 is 8.80 Å². The van der Waals surface area contributed by atoms with Gasteiger partial charge in [0.1, 0.15) is 5.75 Å². The summed E-state index contributed by atoms with van der Waals surface area (Å²) in [5.41, 5.74) is 3.29. The Morgan fingerprint density at radius 1 is 0.644 bits per heavy atom. The number of para-hydroxylation sites is 1. The van der Waals surface area contributed by atoms with Crippen LogP contribution < -0.4 is 4.74 Å². The summed E-state index contributed by atoms with van der Waals surface area (Å²) in [7, 11) is -3.69. The highest BCUT2D eigenvalue weighted by atomic mass is 28.4. The van der Waals surface area contributed by atoms with Crippen molar-refractivity contribution in [2.24, 2.45) is 0 Å². The second-order valence-corrected chi connectivity index (χ2v) is 13.8. The monoisotopic (exact) mass is 634 g/mol. The molecular weight excluding hydrogens is 584 g/mol. The minimum atomic E-state index is -3.69. The SMILES string of the molecule is CCCCCCCc1cccc(-c2ccccc2)c1OCCC[Si](O/C(C)=C\C(C)=O)(O/C(C)=C/C(C)=O)O/C(C)=C/C(C)=O. The van der Waals surface area contributed by atoms with Crippen LogP contribution in [0.15, 0.2) is 84.0 Å². The van der Waals surface area contributed by atoms with Gasteiger partial charge in [0.2, 0.25) is 0 Å². The highest BCUT2D eigenvalue weighted by Gasteiger charge is 2.49. The molecule has 0 spiro atoms. The molecule has 2 aromatic carbocycles. The number of rotatable bonds is 21. The van der Waals surface area contributed by atoms with Gasteiger partial charge in [-0.25, -0.2) is 0 Å². The summed E-state index contributed by atoms with van der Waals surface area (Å²) < 4.78 is 25.4. The Balaban J connectivity index is 2.40. The number of ether oxygens (including phenoxy) is 1. The molecule has 0 aromatic heterocycles. The van der Waals surface area contributed by atoms with Crippen molar-refractivity contribution in [3.05, 3.63) is 89.6 Å². The minimum absolute atomic E-state index is 0.189. The fraction of sp³-hybridized carbons (Fsp3) is 0.432. The molecule has 0 unspecified atom stereocenters. The minimum Gasteiger partial charge on any atom is -0.493 e. The molecule has 0 aliphatic rings. The normalized spacial score (nSPS) is 12.5. The Bertz CT molecular complexity index is 1280. The van der Waals surface area contributed by atoms with Gasteiger partial charge in [-0.1, -0.05) is 81.1 Å². The molecular formula is C37H50O7Si. The lowest BCUT2D eigenvalue weighted by atomic mass is 9.98. The van der Waals surface area contributed by atoms with Gasteiger partial charge in [-0.2, -0.15) is 0 Å². The Morgan fingerprint density at radius 3 is 1.69 bits per heavy atom. The second kappa shape index (κ2) is 19.5. The lowest BCUT2D eigenvalue weighted by Gasteiger charge is -2.31. The molecule has 0 atom stereocenters. The van der Waals surface area contributed by atoms with Gasteiger partial charge in [0, 0.05) is 23.8 Å². The van der Waals surface area contributed by atoms with E-state index in [0.717, 1.165) is 29.7 Å². The van der Waals surface area contributed by atoms with Crippen LogP contribution in [0.1, 0.15) is 92.6 Å². The predicted molar refractivity (Wildman–Crippen MR) is 182 cm³/mol. The van der Waals surface area contributed by atoms with Gasteiger partial charge >= 0.3 is 8.80 Å². The van der Waals surface area contributed by atoms with Gasteiger partial charge in [0.25, 0.3) is 0 Å². The van der Waals surface area contributed by atoms with Gasteiger partial charge < -0.3 is 18.0 Å². The Hall–Kier alpha value is -3.91. The van der Waals surface area contributed by atoms with Crippen LogP contribution in [-0.4, -0.2) is 32.8 Å². The van der Waals surface area contributed by atoms with Crippen LogP contribution in [0.3, 0.4) is 0 Å². The number of hydrogen-bond donors (Lipinski definition) is 0. The molecule has 2 rings (SSSR count). The van der Waals surface area contributed by atoms with Crippen LogP contribution >= 0.6 is 0 Å². The standard InChI is InChI=1S/C37H50O7Si/c1-8-9-10-11-13-20-35-21-16-22-36(34-18-14-12-15-19-34)37(35)41-23-17-24-45(42-31(5)25-28(2)38,43-32(6)26-29(3)39)44-33(7)27-30(4)40/h12,14-16,18-19,21-22,25-27H,8-11,13,17,20,23-24H2,1-7H3/b31-25-,32-26+,33-27+. The van der Waals surface area contributed by atoms with Crippen LogP contribution in [-0.2, 0) is 34.1 Å². The summed E-state index contributed by atoms with van der Waals surface area (Å²) in [6.45, 7) is 11.8. The van der Waals surface area contributed by atoms with E-state index in [1.165, 1.54) is 70.2 Å². The van der Waals surface area contributed by atoms with E-state index in [9.17, 15) is 14.4 Å². The van der Waals surface area contributed by atoms with Crippen molar-refractivity contribution in [3.8, 4) is 16.9 Å². The highest BCUT2D eigenvalue weighted by molar-refractivity contribution is 6.61. The van der Waals surface area contributed by atoms with Crippen LogP contribution in [0.5, 0.6) is 5.75 Å². The molecule has 0 radical (unpaired) electrons. The summed E-state index contributed by atoms with van der Waals surface area (Å²) in [6, 6.07) is 16.8. The van der Waals surface area contributed by atoms with Gasteiger partial charge in [0.05, 0.1) is 29.9 Å². The summed E-state index contributed by atoms with van der Waals surface area (Å²) in [5.74, 6) is 1.26. The fourth-order valence-corrected chi connectivity index (χ4v) is 7.73. The fourth-order valence-electron chi connectivity index (χ4n) is 5.08. The number of carbonyl (C=O) groups is 3. The van der Waals surface area contributed by atoms with Crippen LogP contribution in [0, 0.1) is 0 Å². The third kappa shape index (κ3) is 14.2. The zero-order chi connectivity index (χ0) is 33.2. The Morgan fingerprint density at radius 2 is 1.18 bits per heavy atom. The summed E-state index contributed by atoms with van der Waals surface area (Å²) in [4.78, 5) is 35.5. The molecule has 0 amide bonds. The summed E-state index contributed by atoms with van der Waals surface area (Å²) >= 11 is 0. The summed E-state index contributed by atoms with van der Waals surface area (Å²) in [6.07, 6.45) is 11.4. The third-order valence-electron chi connectivity index (χ3n) is 6.77. The molecule has 244 valence electrons. The van der Waals surface area contributed by atoms with Crippen LogP contribution in [0.4, 0.5) is 0 Å². The van der Waals surface area contributed by atoms with E-state index in [0.29, 0.717) is 36.3 Å². The zero-order valence-corrected chi connectivity index (χ0v) is 29.1. The molecule has 0 bridgehead atoms. The van der Waals surface area contributed by atoms with Crippen molar-refractivity contribution >= 4 is 26.2 Å². The lowest BCUT2D eigenvalue weighted by molar-refractivity contribution is -0.113. The van der Waals surface area contributed by atoms with E-state index in [2.05, 4.69) is 37.3 Å². The van der Waals surface area contributed by atoms with E-state index in [-0.39, 0.29) is 17.3 Å². The first-order valence-corrected chi connectivity index (χ1v) is 17.8. The molecule has 0 fully saturated rings. The average Bonchev–Trinajstić information content (AvgIpc) is 2.94. The van der Waals surface area contributed by atoms with Crippen molar-refractivity contribution < 1.29 is 32.4 Å². The summed E-state index contributed by atoms with van der Waals surface area (Å²) in [5, 5.41) is 0. The van der Waals surface area contributed by atoms with E-state index in [4.69, 9.17) is 18.0 Å². The maximum absolute atomic E-state index is 11.8. The number of unbranched alkanes of at least 4 members (excludes halogenated alkanes) is 4. The quantitative estimate of drug-likeness (QED) is 0.0586. The highest BCUT2D eigenvalue weighted by Crippen LogP contribution is 2.35. The average molecular weight is 635 g/mol. The molecule has 0 aliphatic heterocycles. The molecule has 45 heavy (non-hydrogen) atoms. The van der Waals surface area contributed by atoms with Crippen molar-refractivity contribution in [2.45, 2.75) is 99.5 Å². The largest absolute Gasteiger partial charge is 0.698 e. The van der Waals surface area contributed by atoms with Crippen LogP contribution in [0.2, 0.25) is 6.04 Å². The van der Waals surface area contributed by atoms with Crippen molar-refractivity contribution in [2.75, 3.05) is 6.61 Å². The van der Waals surface area contributed by atoms with Crippen molar-refractivity contribution in [1.82, 2.24) is 0 Å². The topological polar surface area (TPSA) is 88.1 Å². The molecule has 0 saturated heterocycles. The lowest BCUT2D eigenvalue weighted by Crippen LogP contribution is -2.45. The maximum atomic E-state index is 11.8. The first-order chi connectivity index (χ1) is 21.4. The zero-order valence-electron chi connectivity index (χ0n) is 28.1. The van der Waals surface area contributed by atoms with E-state index >= 15 is 0 Å². The predicted octanol–water partition coefficient (Wildman–Crippen LogP) is 9.10. The number of allylic oxidation sites excluding steroid dienone is 6. The number of aryl methyl sites for hydroxylation is 1. The van der Waals surface area contributed by atoms with E-state index in [1.54, 1.807) is 20.8 Å². The number of carbonyl (C=O) groups excluding carboxylic acids is 3.